The third-order valence-electron chi connectivity index (χ3n) is 1.26. The van der Waals surface area contributed by atoms with Gasteiger partial charge in [0.25, 0.3) is 0 Å². The molecule has 2 nitrogen and oxygen atoms in total. The third-order valence-corrected chi connectivity index (χ3v) is 1.65. The minimum absolute atomic E-state index is 0.0623. The second-order valence-electron chi connectivity index (χ2n) is 2.28. The molecule has 0 spiro atoms. The predicted molar refractivity (Wildman–Crippen MR) is 45.7 cm³/mol. The Kier molecular flexibility index (Phi) is 2.65. The number of hydrogen-bond donors (Lipinski definition) is 1. The number of halogens is 2. The summed E-state index contributed by atoms with van der Waals surface area (Å²) in [6.45, 7) is 1.33. The summed E-state index contributed by atoms with van der Waals surface area (Å²) in [5.74, 6) is -0.814. The first-order chi connectivity index (χ1) is 5.61. The number of carbonyl (C=O) groups excluding carboxylic acids is 1. The maximum absolute atomic E-state index is 12.7. The molecule has 0 bridgehead atoms. The van der Waals surface area contributed by atoms with E-state index in [-0.39, 0.29) is 10.9 Å². The Morgan fingerprint density at radius 3 is 2.83 bits per heavy atom. The fourth-order valence-corrected chi connectivity index (χ4v) is 0.963. The van der Waals surface area contributed by atoms with E-state index < -0.39 is 5.82 Å². The van der Waals surface area contributed by atoms with Gasteiger partial charge in [0.15, 0.2) is 0 Å². The van der Waals surface area contributed by atoms with Crippen molar-refractivity contribution in [3.05, 3.63) is 29.0 Å². The number of rotatable bonds is 1. The number of hydrogen-bond acceptors (Lipinski definition) is 1. The highest BCUT2D eigenvalue weighted by molar-refractivity contribution is 6.33. The van der Waals surface area contributed by atoms with Crippen molar-refractivity contribution in [2.75, 3.05) is 5.32 Å². The van der Waals surface area contributed by atoms with Gasteiger partial charge in [-0.25, -0.2) is 4.39 Å². The maximum atomic E-state index is 12.7. The molecule has 64 valence electrons. The minimum Gasteiger partial charge on any atom is -0.325 e. The van der Waals surface area contributed by atoms with E-state index in [2.05, 4.69) is 5.32 Å². The highest BCUT2D eigenvalue weighted by Crippen LogP contribution is 2.23. The molecule has 0 aliphatic carbocycles. The zero-order chi connectivity index (χ0) is 9.14. The van der Waals surface area contributed by atoms with Crippen molar-refractivity contribution in [3.8, 4) is 0 Å². The molecule has 4 heteroatoms. The zero-order valence-electron chi connectivity index (χ0n) is 6.40. The fourth-order valence-electron chi connectivity index (χ4n) is 0.790. The first-order valence-electron chi connectivity index (χ1n) is 3.33. The molecular weight excluding hydrogens is 181 g/mol. The van der Waals surface area contributed by atoms with Gasteiger partial charge in [0.05, 0.1) is 10.7 Å². The van der Waals surface area contributed by atoms with Crippen LogP contribution >= 0.6 is 11.6 Å². The summed E-state index contributed by atoms with van der Waals surface area (Å²) in [4.78, 5) is 10.6. The second-order valence-corrected chi connectivity index (χ2v) is 2.66. The number of amides is 1. The molecule has 1 N–H and O–H groups in total. The van der Waals surface area contributed by atoms with Crippen molar-refractivity contribution in [3.63, 3.8) is 0 Å². The summed E-state index contributed by atoms with van der Waals surface area (Å²) < 4.78 is 12.7. The van der Waals surface area contributed by atoms with E-state index in [9.17, 15) is 9.18 Å². The summed E-state index contributed by atoms with van der Waals surface area (Å²) in [7, 11) is 0. The van der Waals surface area contributed by atoms with Crippen LogP contribution in [0.1, 0.15) is 6.92 Å². The van der Waals surface area contributed by atoms with Gasteiger partial charge >= 0.3 is 0 Å². The second kappa shape index (κ2) is 3.54. The van der Waals surface area contributed by atoms with Crippen molar-refractivity contribution >= 4 is 23.2 Å². The standard InChI is InChI=1S/C8H7ClFNO/c1-5(12)11-7-4-2-3-6(10)8(7)9/h2-4H,1H3,(H,11,12). The van der Waals surface area contributed by atoms with Crippen LogP contribution < -0.4 is 5.32 Å². The van der Waals surface area contributed by atoms with Gasteiger partial charge in [0.2, 0.25) is 5.91 Å². The van der Waals surface area contributed by atoms with Gasteiger partial charge in [-0.2, -0.15) is 0 Å². The lowest BCUT2D eigenvalue weighted by molar-refractivity contribution is -0.114. The first-order valence-corrected chi connectivity index (χ1v) is 3.70. The van der Waals surface area contributed by atoms with Gasteiger partial charge in [0.1, 0.15) is 5.82 Å². The minimum atomic E-state index is -0.539. The van der Waals surface area contributed by atoms with Gasteiger partial charge in [-0.05, 0) is 12.1 Å². The van der Waals surface area contributed by atoms with Crippen LogP contribution in [0.25, 0.3) is 0 Å². The Hall–Kier alpha value is -1.09. The van der Waals surface area contributed by atoms with Crippen LogP contribution in [-0.4, -0.2) is 5.91 Å². The average Bonchev–Trinajstić information content (AvgIpc) is 1.98. The topological polar surface area (TPSA) is 29.1 Å². The van der Waals surface area contributed by atoms with Crippen molar-refractivity contribution in [2.45, 2.75) is 6.92 Å². The molecule has 0 fully saturated rings. The first kappa shape index (κ1) is 9.00. The lowest BCUT2D eigenvalue weighted by Gasteiger charge is -2.03. The monoisotopic (exact) mass is 187 g/mol. The molecule has 0 heterocycles. The highest BCUT2D eigenvalue weighted by atomic mass is 35.5. The molecule has 0 aliphatic heterocycles. The van der Waals surface area contributed by atoms with E-state index in [1.54, 1.807) is 0 Å². The summed E-state index contributed by atoms with van der Waals surface area (Å²) in [5, 5.41) is 2.34. The molecule has 12 heavy (non-hydrogen) atoms. The van der Waals surface area contributed by atoms with E-state index in [1.807, 2.05) is 0 Å². The lowest BCUT2D eigenvalue weighted by atomic mass is 10.3. The Labute approximate surface area is 74.3 Å². The highest BCUT2D eigenvalue weighted by Gasteiger charge is 2.05. The molecule has 0 aliphatic rings. The lowest BCUT2D eigenvalue weighted by Crippen LogP contribution is -2.06. The molecule has 0 radical (unpaired) electrons. The fraction of sp³-hybridized carbons (Fsp3) is 0.125. The van der Waals surface area contributed by atoms with Crippen molar-refractivity contribution in [1.82, 2.24) is 0 Å². The molecule has 1 rings (SSSR count). The smallest absolute Gasteiger partial charge is 0.221 e. The van der Waals surface area contributed by atoms with Crippen LogP contribution in [0.15, 0.2) is 18.2 Å². The van der Waals surface area contributed by atoms with Crippen LogP contribution in [0.4, 0.5) is 10.1 Å². The molecule has 0 saturated heterocycles. The number of anilines is 1. The van der Waals surface area contributed by atoms with E-state index in [0.29, 0.717) is 5.69 Å². The SMILES string of the molecule is CC(=O)Nc1cccc(F)c1Cl. The van der Waals surface area contributed by atoms with Gasteiger partial charge in [0, 0.05) is 6.92 Å². The molecular formula is C8H7ClFNO. The molecule has 0 saturated carbocycles. The van der Waals surface area contributed by atoms with Crippen LogP contribution in [-0.2, 0) is 4.79 Å². The zero-order valence-corrected chi connectivity index (χ0v) is 7.15. The third kappa shape index (κ3) is 1.95. The Balaban J connectivity index is 3.00. The predicted octanol–water partition coefficient (Wildman–Crippen LogP) is 2.44. The largest absolute Gasteiger partial charge is 0.325 e. The van der Waals surface area contributed by atoms with Crippen LogP contribution in [0.2, 0.25) is 5.02 Å². The van der Waals surface area contributed by atoms with E-state index >= 15 is 0 Å². The van der Waals surface area contributed by atoms with Crippen LogP contribution in [0.5, 0.6) is 0 Å². The molecule has 1 aromatic rings. The van der Waals surface area contributed by atoms with Gasteiger partial charge < -0.3 is 5.32 Å². The van der Waals surface area contributed by atoms with Gasteiger partial charge in [-0.1, -0.05) is 17.7 Å². The van der Waals surface area contributed by atoms with Crippen LogP contribution in [0.3, 0.4) is 0 Å². The average molecular weight is 188 g/mol. The Bertz CT molecular complexity index is 314. The van der Waals surface area contributed by atoms with E-state index in [4.69, 9.17) is 11.6 Å². The van der Waals surface area contributed by atoms with Gasteiger partial charge in [-0.15, -0.1) is 0 Å². The van der Waals surface area contributed by atoms with Gasteiger partial charge in [-0.3, -0.25) is 4.79 Å². The molecule has 1 aromatic carbocycles. The van der Waals surface area contributed by atoms with Crippen molar-refractivity contribution in [1.29, 1.82) is 0 Å². The number of carbonyl (C=O) groups is 1. The van der Waals surface area contributed by atoms with Crippen molar-refractivity contribution in [2.24, 2.45) is 0 Å². The van der Waals surface area contributed by atoms with E-state index in [1.165, 1.54) is 25.1 Å². The summed E-state index contributed by atoms with van der Waals surface area (Å²) in [6.07, 6.45) is 0. The number of benzene rings is 1. The van der Waals surface area contributed by atoms with Crippen LogP contribution in [0, 0.1) is 5.82 Å². The molecule has 0 unspecified atom stereocenters. The number of nitrogens with one attached hydrogen (secondary N) is 1. The normalized spacial score (nSPS) is 9.58. The summed E-state index contributed by atoms with van der Waals surface area (Å²) in [5.41, 5.74) is 0.296. The van der Waals surface area contributed by atoms with Crippen molar-refractivity contribution < 1.29 is 9.18 Å². The summed E-state index contributed by atoms with van der Waals surface area (Å²) in [6, 6.07) is 4.24. The maximum Gasteiger partial charge on any atom is 0.221 e. The molecule has 0 aromatic heterocycles. The Morgan fingerprint density at radius 1 is 1.58 bits per heavy atom. The summed E-state index contributed by atoms with van der Waals surface area (Å²) >= 11 is 5.55. The van der Waals surface area contributed by atoms with E-state index in [0.717, 1.165) is 0 Å². The quantitative estimate of drug-likeness (QED) is 0.719. The molecule has 1 amide bonds. The molecule has 0 atom stereocenters. The Morgan fingerprint density at radius 2 is 2.25 bits per heavy atom.